The Morgan fingerprint density at radius 2 is 0.818 bits per heavy atom. The summed E-state index contributed by atoms with van der Waals surface area (Å²) >= 11 is 0. The maximum Gasteiger partial charge on any atom is 0.303 e. The Kier molecular flexibility index (Phi) is 19.7. The van der Waals surface area contributed by atoms with Crippen LogP contribution in [-0.4, -0.2) is 22.2 Å². The van der Waals surface area contributed by atoms with E-state index in [9.17, 15) is 9.59 Å². The van der Waals surface area contributed by atoms with Gasteiger partial charge < -0.3 is 10.2 Å². The van der Waals surface area contributed by atoms with Crippen molar-refractivity contribution in [1.82, 2.24) is 0 Å². The van der Waals surface area contributed by atoms with Gasteiger partial charge in [-0.05, 0) is 55.8 Å². The Hall–Kier alpha value is -1.06. The molecule has 33 heavy (non-hydrogen) atoms. The first-order valence-electron chi connectivity index (χ1n) is 14.1. The minimum Gasteiger partial charge on any atom is -0.481 e. The zero-order chi connectivity index (χ0) is 25.0. The van der Waals surface area contributed by atoms with E-state index in [2.05, 4.69) is 27.7 Å². The van der Waals surface area contributed by atoms with Crippen LogP contribution in [0.15, 0.2) is 0 Å². The predicted octanol–water partition coefficient (Wildman–Crippen LogP) is 9.26. The molecular weight excluding hydrogens is 412 g/mol. The van der Waals surface area contributed by atoms with Gasteiger partial charge in [-0.1, -0.05) is 105 Å². The van der Waals surface area contributed by atoms with E-state index in [0.717, 1.165) is 37.5 Å². The van der Waals surface area contributed by atoms with Gasteiger partial charge in [0.25, 0.3) is 0 Å². The van der Waals surface area contributed by atoms with E-state index < -0.39 is 11.9 Å². The lowest BCUT2D eigenvalue weighted by Gasteiger charge is -2.35. The molecule has 0 fully saturated rings. The molecule has 0 atom stereocenters. The summed E-state index contributed by atoms with van der Waals surface area (Å²) in [5.41, 5.74) is 0.126. The lowest BCUT2D eigenvalue weighted by atomic mass is 9.71. The largest absolute Gasteiger partial charge is 0.481 e. The fourth-order valence-corrected chi connectivity index (χ4v) is 5.15. The molecule has 0 amide bonds. The lowest BCUT2D eigenvalue weighted by Crippen LogP contribution is -2.22. The molecule has 0 aliphatic heterocycles. The molecule has 0 aromatic rings. The minimum atomic E-state index is -0.718. The van der Waals surface area contributed by atoms with Crippen molar-refractivity contribution < 1.29 is 19.8 Å². The molecule has 0 saturated carbocycles. The summed E-state index contributed by atoms with van der Waals surface area (Å²) in [4.78, 5) is 22.3. The number of carbonyl (C=O) groups is 2. The average Bonchev–Trinajstić information content (AvgIpc) is 2.71. The van der Waals surface area contributed by atoms with Gasteiger partial charge in [0.05, 0.1) is 0 Å². The van der Waals surface area contributed by atoms with E-state index in [4.69, 9.17) is 10.2 Å². The van der Waals surface area contributed by atoms with Gasteiger partial charge in [0.1, 0.15) is 0 Å². The second kappa shape index (κ2) is 20.3. The van der Waals surface area contributed by atoms with Crippen molar-refractivity contribution in [2.24, 2.45) is 17.3 Å². The van der Waals surface area contributed by atoms with Crippen LogP contribution >= 0.6 is 0 Å². The lowest BCUT2D eigenvalue weighted by molar-refractivity contribution is -0.138. The normalized spacial score (nSPS) is 12.1. The number of rotatable bonds is 24. The molecule has 0 aliphatic rings. The van der Waals surface area contributed by atoms with Gasteiger partial charge in [0.2, 0.25) is 0 Å². The van der Waals surface area contributed by atoms with E-state index in [1.807, 2.05) is 0 Å². The molecule has 0 aromatic heterocycles. The third kappa shape index (κ3) is 21.2. The van der Waals surface area contributed by atoms with Crippen LogP contribution in [-0.2, 0) is 9.59 Å². The summed E-state index contributed by atoms with van der Waals surface area (Å²) in [5.74, 6) is 0.132. The van der Waals surface area contributed by atoms with E-state index in [-0.39, 0.29) is 18.3 Å². The van der Waals surface area contributed by atoms with Crippen molar-refractivity contribution >= 4 is 11.9 Å². The van der Waals surface area contributed by atoms with E-state index in [1.165, 1.54) is 77.0 Å². The van der Waals surface area contributed by atoms with Crippen LogP contribution < -0.4 is 0 Å². The highest BCUT2D eigenvalue weighted by Crippen LogP contribution is 2.42. The van der Waals surface area contributed by atoms with Gasteiger partial charge in [-0.25, -0.2) is 0 Å². The second-order valence-electron chi connectivity index (χ2n) is 11.4. The molecule has 0 radical (unpaired) electrons. The first kappa shape index (κ1) is 31.9. The fourth-order valence-electron chi connectivity index (χ4n) is 5.15. The van der Waals surface area contributed by atoms with E-state index >= 15 is 0 Å². The Morgan fingerprint density at radius 3 is 1.15 bits per heavy atom. The Labute approximate surface area is 205 Å². The van der Waals surface area contributed by atoms with Gasteiger partial charge >= 0.3 is 11.9 Å². The molecular formula is C29H56O4. The molecule has 2 N–H and O–H groups in total. The monoisotopic (exact) mass is 468 g/mol. The molecule has 0 rings (SSSR count). The average molecular weight is 469 g/mol. The third-order valence-corrected chi connectivity index (χ3v) is 7.17. The van der Waals surface area contributed by atoms with Crippen LogP contribution in [0, 0.1) is 17.3 Å². The molecule has 0 aliphatic carbocycles. The van der Waals surface area contributed by atoms with Crippen LogP contribution in [0.4, 0.5) is 0 Å². The van der Waals surface area contributed by atoms with Gasteiger partial charge in [-0.2, -0.15) is 0 Å². The fraction of sp³-hybridized carbons (Fsp3) is 0.931. The second-order valence-corrected chi connectivity index (χ2v) is 11.4. The van der Waals surface area contributed by atoms with Crippen molar-refractivity contribution in [2.75, 3.05) is 0 Å². The van der Waals surface area contributed by atoms with Crippen molar-refractivity contribution in [3.05, 3.63) is 0 Å². The first-order chi connectivity index (χ1) is 15.7. The summed E-state index contributed by atoms with van der Waals surface area (Å²) < 4.78 is 0. The number of carboxylic acid groups (broad SMARTS) is 2. The minimum absolute atomic E-state index is 0.126. The van der Waals surface area contributed by atoms with Crippen LogP contribution in [0.25, 0.3) is 0 Å². The van der Waals surface area contributed by atoms with Gasteiger partial charge in [0.15, 0.2) is 0 Å². The van der Waals surface area contributed by atoms with Gasteiger partial charge in [-0.15, -0.1) is 0 Å². The molecule has 0 spiro atoms. The highest BCUT2D eigenvalue weighted by atomic mass is 16.4. The molecule has 0 saturated heterocycles. The smallest absolute Gasteiger partial charge is 0.303 e. The van der Waals surface area contributed by atoms with Crippen molar-refractivity contribution in [2.45, 2.75) is 156 Å². The summed E-state index contributed by atoms with van der Waals surface area (Å²) in [5, 5.41) is 18.3. The SMILES string of the molecule is CC(C)CCCCCCCC(CCCCCCCC(C)C)(CCCC(=O)O)CCCC(=O)O. The molecule has 0 heterocycles. The standard InChI is InChI=1S/C29H56O4/c1-25(2)17-11-7-5-9-13-21-29(23-15-19-27(30)31,24-16-20-28(32)33)22-14-10-6-8-12-18-26(3)4/h25-26H,5-24H2,1-4H3,(H,30,31)(H,32,33). The van der Waals surface area contributed by atoms with Crippen LogP contribution in [0.1, 0.15) is 156 Å². The number of hydrogen-bond donors (Lipinski definition) is 2. The molecule has 0 aromatic carbocycles. The number of hydrogen-bond acceptors (Lipinski definition) is 2. The summed E-state index contributed by atoms with van der Waals surface area (Å²) in [6.07, 6.45) is 21.3. The van der Waals surface area contributed by atoms with Gasteiger partial charge in [-0.3, -0.25) is 9.59 Å². The molecule has 0 bridgehead atoms. The maximum absolute atomic E-state index is 11.1. The Balaban J connectivity index is 4.74. The zero-order valence-corrected chi connectivity index (χ0v) is 22.5. The summed E-state index contributed by atoms with van der Waals surface area (Å²) in [6.45, 7) is 9.14. The number of unbranched alkanes of at least 4 members (excludes halogenated alkanes) is 8. The molecule has 196 valence electrons. The maximum atomic E-state index is 11.1. The predicted molar refractivity (Wildman–Crippen MR) is 140 cm³/mol. The zero-order valence-electron chi connectivity index (χ0n) is 22.5. The molecule has 4 nitrogen and oxygen atoms in total. The highest BCUT2D eigenvalue weighted by Gasteiger charge is 2.29. The van der Waals surface area contributed by atoms with Crippen molar-refractivity contribution in [3.63, 3.8) is 0 Å². The van der Waals surface area contributed by atoms with Crippen molar-refractivity contribution in [3.8, 4) is 0 Å². The van der Waals surface area contributed by atoms with Crippen LogP contribution in [0.5, 0.6) is 0 Å². The van der Waals surface area contributed by atoms with Crippen molar-refractivity contribution in [1.29, 1.82) is 0 Å². The number of aliphatic carboxylic acids is 2. The Morgan fingerprint density at radius 1 is 0.515 bits per heavy atom. The third-order valence-electron chi connectivity index (χ3n) is 7.17. The van der Waals surface area contributed by atoms with Crippen LogP contribution in [0.2, 0.25) is 0 Å². The summed E-state index contributed by atoms with van der Waals surface area (Å²) in [6, 6.07) is 0. The van der Waals surface area contributed by atoms with Gasteiger partial charge in [0, 0.05) is 12.8 Å². The van der Waals surface area contributed by atoms with Crippen LogP contribution in [0.3, 0.4) is 0 Å². The highest BCUT2D eigenvalue weighted by molar-refractivity contribution is 5.66. The topological polar surface area (TPSA) is 74.6 Å². The number of carboxylic acids is 2. The first-order valence-corrected chi connectivity index (χ1v) is 14.1. The summed E-state index contributed by atoms with van der Waals surface area (Å²) in [7, 11) is 0. The molecule has 0 unspecified atom stereocenters. The van der Waals surface area contributed by atoms with E-state index in [1.54, 1.807) is 0 Å². The quantitative estimate of drug-likeness (QED) is 0.138. The molecule has 4 heteroatoms. The van der Waals surface area contributed by atoms with E-state index in [0.29, 0.717) is 12.8 Å². The Bertz CT molecular complexity index is 440.